The minimum absolute atomic E-state index is 0.0182. The Kier molecular flexibility index (Phi) is 8.20. The summed E-state index contributed by atoms with van der Waals surface area (Å²) in [5, 5.41) is 9.14. The number of esters is 1. The molecule has 38 heavy (non-hydrogen) atoms. The van der Waals surface area contributed by atoms with Crippen molar-refractivity contribution in [3.05, 3.63) is 101 Å². The number of fused-ring (bicyclic) bond motifs is 1. The Bertz CT molecular complexity index is 1460. The van der Waals surface area contributed by atoms with Crippen LogP contribution in [0.4, 0.5) is 5.69 Å². The molecule has 0 bridgehead atoms. The van der Waals surface area contributed by atoms with Gasteiger partial charge in [-0.15, -0.1) is 0 Å². The number of carbonyl (C=O) groups excluding carboxylic acids is 3. The van der Waals surface area contributed by atoms with Crippen molar-refractivity contribution in [2.45, 2.75) is 32.9 Å². The summed E-state index contributed by atoms with van der Waals surface area (Å²) in [4.78, 5) is 42.4. The Morgan fingerprint density at radius 1 is 0.974 bits per heavy atom. The number of carbonyl (C=O) groups is 3. The second-order valence-corrected chi connectivity index (χ2v) is 8.93. The van der Waals surface area contributed by atoms with E-state index in [1.54, 1.807) is 55.1 Å². The number of amides is 2. The van der Waals surface area contributed by atoms with E-state index in [9.17, 15) is 14.4 Å². The van der Waals surface area contributed by atoms with Crippen LogP contribution >= 0.6 is 0 Å². The average Bonchev–Trinajstić information content (AvgIpc) is 3.03. The highest BCUT2D eigenvalue weighted by Crippen LogP contribution is 2.30. The zero-order chi connectivity index (χ0) is 27.1. The van der Waals surface area contributed by atoms with Gasteiger partial charge in [0, 0.05) is 17.2 Å². The zero-order valence-electron chi connectivity index (χ0n) is 21.3. The van der Waals surface area contributed by atoms with Crippen molar-refractivity contribution in [2.75, 3.05) is 18.1 Å². The third-order valence-electron chi connectivity index (χ3n) is 6.21. The van der Waals surface area contributed by atoms with Crippen LogP contribution < -0.4 is 4.90 Å². The summed E-state index contributed by atoms with van der Waals surface area (Å²) in [5.41, 5.74) is 3.53. The van der Waals surface area contributed by atoms with Gasteiger partial charge >= 0.3 is 5.97 Å². The molecular formula is C31H27N3O4. The molecule has 1 aliphatic rings. The second-order valence-electron chi connectivity index (χ2n) is 8.93. The van der Waals surface area contributed by atoms with Gasteiger partial charge in [0.1, 0.15) is 6.54 Å². The number of ether oxygens (including phenoxy) is 1. The first-order valence-electron chi connectivity index (χ1n) is 12.4. The molecule has 1 heterocycles. The van der Waals surface area contributed by atoms with Crippen LogP contribution in [0.2, 0.25) is 0 Å². The van der Waals surface area contributed by atoms with E-state index in [4.69, 9.17) is 10.00 Å². The molecule has 4 rings (SSSR count). The van der Waals surface area contributed by atoms with Crippen molar-refractivity contribution in [2.24, 2.45) is 0 Å². The number of hydrogen-bond acceptors (Lipinski definition) is 5. The van der Waals surface area contributed by atoms with E-state index in [1.807, 2.05) is 36.4 Å². The third kappa shape index (κ3) is 6.08. The van der Waals surface area contributed by atoms with Crippen LogP contribution in [0, 0.1) is 23.2 Å². The molecular weight excluding hydrogens is 478 g/mol. The van der Waals surface area contributed by atoms with Gasteiger partial charge in [0.05, 0.1) is 42.5 Å². The largest absolute Gasteiger partial charge is 0.466 e. The maximum Gasteiger partial charge on any atom is 0.307 e. The minimum Gasteiger partial charge on any atom is -0.466 e. The van der Waals surface area contributed by atoms with Gasteiger partial charge in [0.2, 0.25) is 5.91 Å². The molecule has 0 spiro atoms. The molecule has 0 radical (unpaired) electrons. The molecule has 3 aromatic rings. The highest BCUT2D eigenvalue weighted by atomic mass is 16.5. The van der Waals surface area contributed by atoms with Crippen LogP contribution in [0.1, 0.15) is 52.9 Å². The fraction of sp³-hybridized carbons (Fsp3) is 0.226. The van der Waals surface area contributed by atoms with Crippen LogP contribution in [0.15, 0.2) is 72.8 Å². The molecule has 0 fully saturated rings. The molecule has 190 valence electrons. The summed E-state index contributed by atoms with van der Waals surface area (Å²) < 4.78 is 5.07. The summed E-state index contributed by atoms with van der Waals surface area (Å²) >= 11 is 0. The lowest BCUT2D eigenvalue weighted by atomic mass is 10.0. The summed E-state index contributed by atoms with van der Waals surface area (Å²) in [6, 6.07) is 23.3. The second kappa shape index (κ2) is 11.9. The number of hydrogen-bond donors (Lipinski definition) is 0. The first-order valence-corrected chi connectivity index (χ1v) is 12.4. The quantitative estimate of drug-likeness (QED) is 0.368. The molecule has 7 nitrogen and oxygen atoms in total. The Balaban J connectivity index is 1.73. The number of nitriles is 1. The molecule has 1 atom stereocenters. The fourth-order valence-corrected chi connectivity index (χ4v) is 4.29. The highest BCUT2D eigenvalue weighted by Gasteiger charge is 2.35. The van der Waals surface area contributed by atoms with Crippen molar-refractivity contribution in [3.63, 3.8) is 0 Å². The van der Waals surface area contributed by atoms with Crippen molar-refractivity contribution >= 4 is 23.5 Å². The van der Waals surface area contributed by atoms with Gasteiger partial charge in [-0.2, -0.15) is 5.26 Å². The van der Waals surface area contributed by atoms with Gasteiger partial charge in [-0.3, -0.25) is 14.4 Å². The van der Waals surface area contributed by atoms with Crippen molar-refractivity contribution in [1.82, 2.24) is 4.90 Å². The third-order valence-corrected chi connectivity index (χ3v) is 6.21. The van der Waals surface area contributed by atoms with E-state index >= 15 is 0 Å². The Hall–Kier alpha value is -4.88. The SMILES string of the molecule is CCOC(=O)CC(C)N1CC(=O)N(Cc2ccccc2)c2ccc(C#Cc3cccc(C#N)c3)cc2C1=O. The van der Waals surface area contributed by atoms with E-state index in [0.29, 0.717) is 34.5 Å². The van der Waals surface area contributed by atoms with Crippen molar-refractivity contribution in [3.8, 4) is 17.9 Å². The smallest absolute Gasteiger partial charge is 0.307 e. The topological polar surface area (TPSA) is 90.7 Å². The van der Waals surface area contributed by atoms with Crippen LogP contribution in [0.3, 0.4) is 0 Å². The van der Waals surface area contributed by atoms with E-state index in [2.05, 4.69) is 17.9 Å². The molecule has 0 saturated carbocycles. The highest BCUT2D eigenvalue weighted by molar-refractivity contribution is 6.10. The molecule has 1 unspecified atom stereocenters. The molecule has 3 aromatic carbocycles. The lowest BCUT2D eigenvalue weighted by molar-refractivity contribution is -0.144. The summed E-state index contributed by atoms with van der Waals surface area (Å²) in [5.74, 6) is 5.08. The van der Waals surface area contributed by atoms with Crippen LogP contribution in [-0.4, -0.2) is 41.9 Å². The number of anilines is 1. The maximum absolute atomic E-state index is 13.8. The number of nitrogens with zero attached hydrogens (tertiary/aromatic N) is 3. The first-order chi connectivity index (χ1) is 18.4. The van der Waals surface area contributed by atoms with Crippen LogP contribution in [-0.2, 0) is 20.9 Å². The van der Waals surface area contributed by atoms with Gasteiger partial charge in [-0.25, -0.2) is 0 Å². The monoisotopic (exact) mass is 505 g/mol. The van der Waals surface area contributed by atoms with Crippen LogP contribution in [0.5, 0.6) is 0 Å². The standard InChI is InChI=1S/C31H27N3O4/c1-3-38-30(36)16-22(2)33-21-29(35)34(20-25-8-5-4-6-9-25)28-15-14-24(18-27(28)31(33)37)13-12-23-10-7-11-26(17-23)19-32/h4-11,14-15,17-18,22H,3,16,20-21H2,1-2H3. The van der Waals surface area contributed by atoms with Gasteiger partial charge in [0.25, 0.3) is 5.91 Å². The molecule has 1 aliphatic heterocycles. The Morgan fingerprint density at radius 3 is 2.39 bits per heavy atom. The first kappa shape index (κ1) is 26.2. The Morgan fingerprint density at radius 2 is 1.68 bits per heavy atom. The summed E-state index contributed by atoms with van der Waals surface area (Å²) in [7, 11) is 0. The predicted octanol–water partition coefficient (Wildman–Crippen LogP) is 4.29. The maximum atomic E-state index is 13.8. The summed E-state index contributed by atoms with van der Waals surface area (Å²) in [6.45, 7) is 3.83. The Labute approximate surface area is 222 Å². The molecule has 0 aromatic heterocycles. The molecule has 2 amide bonds. The number of rotatable bonds is 6. The van der Waals surface area contributed by atoms with Gasteiger partial charge < -0.3 is 14.5 Å². The van der Waals surface area contributed by atoms with E-state index < -0.39 is 12.0 Å². The zero-order valence-corrected chi connectivity index (χ0v) is 21.3. The van der Waals surface area contributed by atoms with Gasteiger partial charge in [-0.1, -0.05) is 48.2 Å². The molecule has 7 heteroatoms. The summed E-state index contributed by atoms with van der Waals surface area (Å²) in [6.07, 6.45) is -0.0182. The lowest BCUT2D eigenvalue weighted by Gasteiger charge is -2.27. The number of benzene rings is 3. The normalized spacial score (nSPS) is 13.5. The predicted molar refractivity (Wildman–Crippen MR) is 143 cm³/mol. The van der Waals surface area contributed by atoms with E-state index in [-0.39, 0.29) is 31.4 Å². The molecule has 0 saturated heterocycles. The van der Waals surface area contributed by atoms with Crippen molar-refractivity contribution in [1.29, 1.82) is 5.26 Å². The molecule has 0 N–H and O–H groups in total. The minimum atomic E-state index is -0.543. The van der Waals surface area contributed by atoms with E-state index in [0.717, 1.165) is 5.56 Å². The van der Waals surface area contributed by atoms with Crippen molar-refractivity contribution < 1.29 is 19.1 Å². The van der Waals surface area contributed by atoms with Gasteiger partial charge in [0.15, 0.2) is 0 Å². The lowest BCUT2D eigenvalue weighted by Crippen LogP contribution is -2.44. The average molecular weight is 506 g/mol. The fourth-order valence-electron chi connectivity index (χ4n) is 4.29. The van der Waals surface area contributed by atoms with E-state index in [1.165, 1.54) is 4.90 Å². The molecule has 0 aliphatic carbocycles. The van der Waals surface area contributed by atoms with Gasteiger partial charge in [-0.05, 0) is 55.8 Å². The van der Waals surface area contributed by atoms with Crippen LogP contribution in [0.25, 0.3) is 0 Å².